The number of hydrogen-bond acceptors (Lipinski definition) is 4. The van der Waals surface area contributed by atoms with E-state index >= 15 is 0 Å². The van der Waals surface area contributed by atoms with E-state index < -0.39 is 6.10 Å². The molecule has 0 spiro atoms. The summed E-state index contributed by atoms with van der Waals surface area (Å²) in [6.07, 6.45) is 1.36. The minimum absolute atomic E-state index is 0.0571. The average molecular weight is 241 g/mol. The fraction of sp³-hybridized carbons (Fsp3) is 0.500. The van der Waals surface area contributed by atoms with Gasteiger partial charge in [-0.1, -0.05) is 12.1 Å². The summed E-state index contributed by atoms with van der Waals surface area (Å²) in [4.78, 5) is 2.99. The van der Waals surface area contributed by atoms with Crippen LogP contribution in [0.5, 0.6) is 0 Å². The molecule has 0 aliphatic carbocycles. The van der Waals surface area contributed by atoms with Crippen LogP contribution in [0.4, 0.5) is 0 Å². The summed E-state index contributed by atoms with van der Waals surface area (Å²) in [6.45, 7) is -0.0571. The summed E-state index contributed by atoms with van der Waals surface area (Å²) in [6, 6.07) is 7.51. The molecule has 0 aliphatic heterocycles. The van der Waals surface area contributed by atoms with Crippen molar-refractivity contribution in [2.75, 3.05) is 27.0 Å². The quantitative estimate of drug-likeness (QED) is 0.764. The van der Waals surface area contributed by atoms with Crippen LogP contribution in [0.1, 0.15) is 11.7 Å². The van der Waals surface area contributed by atoms with Gasteiger partial charge in [0.15, 0.2) is 0 Å². The van der Waals surface area contributed by atoms with Crippen molar-refractivity contribution in [2.45, 2.75) is 17.0 Å². The molecule has 0 saturated carbocycles. The molecule has 3 nitrogen and oxygen atoms in total. The zero-order chi connectivity index (χ0) is 12.1. The van der Waals surface area contributed by atoms with Gasteiger partial charge in [-0.25, -0.2) is 0 Å². The third-order valence-electron chi connectivity index (χ3n) is 2.67. The predicted octanol–water partition coefficient (Wildman–Crippen LogP) is 1.36. The van der Waals surface area contributed by atoms with E-state index in [2.05, 4.69) is 0 Å². The molecule has 0 aromatic heterocycles. The van der Waals surface area contributed by atoms with E-state index in [-0.39, 0.29) is 12.6 Å². The van der Waals surface area contributed by atoms with Gasteiger partial charge in [0.2, 0.25) is 0 Å². The van der Waals surface area contributed by atoms with Gasteiger partial charge in [-0.2, -0.15) is 0 Å². The van der Waals surface area contributed by atoms with E-state index in [1.54, 1.807) is 11.8 Å². The van der Waals surface area contributed by atoms with E-state index in [0.717, 1.165) is 5.56 Å². The molecule has 0 unspecified atom stereocenters. The van der Waals surface area contributed by atoms with Crippen LogP contribution in [0.15, 0.2) is 29.2 Å². The molecule has 0 fully saturated rings. The van der Waals surface area contributed by atoms with Crippen molar-refractivity contribution >= 4 is 11.8 Å². The molecule has 2 N–H and O–H groups in total. The molecular weight excluding hydrogens is 222 g/mol. The molecule has 90 valence electrons. The Morgan fingerprint density at radius 1 is 1.25 bits per heavy atom. The van der Waals surface area contributed by atoms with E-state index in [9.17, 15) is 10.2 Å². The Morgan fingerprint density at radius 3 is 2.19 bits per heavy atom. The van der Waals surface area contributed by atoms with E-state index in [1.165, 1.54) is 4.90 Å². The third-order valence-corrected chi connectivity index (χ3v) is 3.42. The Morgan fingerprint density at radius 2 is 1.81 bits per heavy atom. The Labute approximate surface area is 101 Å². The fourth-order valence-electron chi connectivity index (χ4n) is 1.57. The van der Waals surface area contributed by atoms with Crippen molar-refractivity contribution in [1.29, 1.82) is 0 Å². The second kappa shape index (κ2) is 6.25. The van der Waals surface area contributed by atoms with Crippen LogP contribution in [0, 0.1) is 0 Å². The minimum Gasteiger partial charge on any atom is -0.395 e. The number of thioether (sulfide) groups is 1. The molecule has 1 rings (SSSR count). The first-order valence-corrected chi connectivity index (χ1v) is 6.42. The average Bonchev–Trinajstić information content (AvgIpc) is 2.29. The maximum absolute atomic E-state index is 10.1. The number of aliphatic hydroxyl groups is 2. The van der Waals surface area contributed by atoms with Gasteiger partial charge in [-0.05, 0) is 38.0 Å². The lowest BCUT2D eigenvalue weighted by Gasteiger charge is -2.27. The molecule has 2 atom stereocenters. The van der Waals surface area contributed by atoms with Crippen molar-refractivity contribution in [2.24, 2.45) is 0 Å². The second-order valence-corrected chi connectivity index (χ2v) is 4.81. The Hall–Kier alpha value is -0.550. The van der Waals surface area contributed by atoms with Crippen LogP contribution < -0.4 is 0 Å². The van der Waals surface area contributed by atoms with Crippen LogP contribution in [-0.2, 0) is 0 Å². The van der Waals surface area contributed by atoms with Crippen LogP contribution in [-0.4, -0.2) is 48.1 Å². The van der Waals surface area contributed by atoms with E-state index in [4.69, 9.17) is 0 Å². The first-order valence-electron chi connectivity index (χ1n) is 5.19. The molecule has 0 heterocycles. The zero-order valence-corrected chi connectivity index (χ0v) is 10.7. The topological polar surface area (TPSA) is 43.7 Å². The lowest BCUT2D eigenvalue weighted by molar-refractivity contribution is 0.0389. The molecule has 1 aromatic rings. The summed E-state index contributed by atoms with van der Waals surface area (Å²) < 4.78 is 0. The molecule has 0 aliphatic rings. The highest BCUT2D eigenvalue weighted by molar-refractivity contribution is 7.98. The van der Waals surface area contributed by atoms with Gasteiger partial charge >= 0.3 is 0 Å². The van der Waals surface area contributed by atoms with Crippen LogP contribution in [0.3, 0.4) is 0 Å². The standard InChI is InChI=1S/C12H19NO2S/c1-13(2)11(8-14)12(15)9-4-6-10(16-3)7-5-9/h4-7,11-12,14-15H,8H2,1-3H3/t11-,12-/m1/s1. The van der Waals surface area contributed by atoms with Gasteiger partial charge in [0.05, 0.1) is 18.8 Å². The van der Waals surface area contributed by atoms with Crippen molar-refractivity contribution < 1.29 is 10.2 Å². The number of likely N-dealkylation sites (N-methyl/N-ethyl adjacent to an activating group) is 1. The smallest absolute Gasteiger partial charge is 0.0967 e. The van der Waals surface area contributed by atoms with Crippen LogP contribution in [0.2, 0.25) is 0 Å². The minimum atomic E-state index is -0.657. The highest BCUT2D eigenvalue weighted by Crippen LogP contribution is 2.22. The number of aliphatic hydroxyl groups excluding tert-OH is 2. The fourth-order valence-corrected chi connectivity index (χ4v) is 1.98. The monoisotopic (exact) mass is 241 g/mol. The Bertz CT molecular complexity index is 313. The number of rotatable bonds is 5. The maximum Gasteiger partial charge on any atom is 0.0967 e. The first kappa shape index (κ1) is 13.5. The predicted molar refractivity (Wildman–Crippen MR) is 67.7 cm³/mol. The Kier molecular flexibility index (Phi) is 5.28. The number of hydrogen-bond donors (Lipinski definition) is 2. The van der Waals surface area contributed by atoms with Gasteiger partial charge in [-0.15, -0.1) is 11.8 Å². The van der Waals surface area contributed by atoms with Gasteiger partial charge < -0.3 is 15.1 Å². The first-order chi connectivity index (χ1) is 7.60. The SMILES string of the molecule is CSc1ccc([C@@H](O)[C@@H](CO)N(C)C)cc1. The van der Waals surface area contributed by atoms with Crippen LogP contribution >= 0.6 is 11.8 Å². The lowest BCUT2D eigenvalue weighted by Crippen LogP contribution is -2.37. The molecule has 4 heteroatoms. The zero-order valence-electron chi connectivity index (χ0n) is 9.92. The summed E-state index contributed by atoms with van der Waals surface area (Å²) in [7, 11) is 3.70. The Balaban J connectivity index is 2.82. The molecule has 0 saturated heterocycles. The van der Waals surface area contributed by atoms with Gasteiger partial charge in [0.1, 0.15) is 0 Å². The maximum atomic E-state index is 10.1. The van der Waals surface area contributed by atoms with Crippen molar-refractivity contribution in [3.8, 4) is 0 Å². The van der Waals surface area contributed by atoms with E-state index in [1.807, 2.05) is 49.5 Å². The molecule has 0 bridgehead atoms. The lowest BCUT2D eigenvalue weighted by atomic mass is 10.0. The van der Waals surface area contributed by atoms with Crippen LogP contribution in [0.25, 0.3) is 0 Å². The summed E-state index contributed by atoms with van der Waals surface area (Å²) in [5.74, 6) is 0. The van der Waals surface area contributed by atoms with Crippen molar-refractivity contribution in [1.82, 2.24) is 4.90 Å². The van der Waals surface area contributed by atoms with E-state index in [0.29, 0.717) is 0 Å². The molecule has 1 aromatic carbocycles. The highest BCUT2D eigenvalue weighted by atomic mass is 32.2. The molecule has 0 radical (unpaired) electrons. The molecule has 16 heavy (non-hydrogen) atoms. The molecular formula is C12H19NO2S. The normalized spacial score (nSPS) is 15.1. The second-order valence-electron chi connectivity index (χ2n) is 3.93. The highest BCUT2D eigenvalue weighted by Gasteiger charge is 2.21. The van der Waals surface area contributed by atoms with Gasteiger partial charge in [0.25, 0.3) is 0 Å². The number of nitrogens with zero attached hydrogens (tertiary/aromatic N) is 1. The van der Waals surface area contributed by atoms with Gasteiger partial charge in [0, 0.05) is 4.90 Å². The summed E-state index contributed by atoms with van der Waals surface area (Å²) in [5.41, 5.74) is 0.838. The third kappa shape index (κ3) is 3.22. The number of benzene rings is 1. The summed E-state index contributed by atoms with van der Waals surface area (Å²) >= 11 is 1.67. The van der Waals surface area contributed by atoms with Crippen molar-refractivity contribution in [3.63, 3.8) is 0 Å². The summed E-state index contributed by atoms with van der Waals surface area (Å²) in [5, 5.41) is 19.3. The van der Waals surface area contributed by atoms with Crippen molar-refractivity contribution in [3.05, 3.63) is 29.8 Å². The largest absolute Gasteiger partial charge is 0.395 e. The van der Waals surface area contributed by atoms with Gasteiger partial charge in [-0.3, -0.25) is 0 Å². The molecule has 0 amide bonds.